The molecule has 2 aromatic carbocycles. The fraction of sp³-hybridized carbons (Fsp3) is 0.417. The van der Waals surface area contributed by atoms with Crippen LogP contribution in [0.5, 0.6) is 0 Å². The van der Waals surface area contributed by atoms with Gasteiger partial charge in [-0.2, -0.15) is 0 Å². The Labute approximate surface area is 180 Å². The smallest absolute Gasteiger partial charge is 0.305 e. The molecule has 0 spiro atoms. The van der Waals surface area contributed by atoms with Crippen molar-refractivity contribution in [1.29, 1.82) is 0 Å². The Bertz CT molecular complexity index is 666. The number of hydrogen-bond acceptors (Lipinski definition) is 6. The third-order valence-corrected chi connectivity index (χ3v) is 4.39. The molecule has 0 aliphatic rings. The molecule has 0 amide bonds. The van der Waals surface area contributed by atoms with Crippen molar-refractivity contribution in [1.82, 2.24) is 4.90 Å². The van der Waals surface area contributed by atoms with E-state index in [4.69, 9.17) is 10.5 Å². The summed E-state index contributed by atoms with van der Waals surface area (Å²) in [6.45, 7) is 3.20. The molecule has 0 saturated heterocycles. The van der Waals surface area contributed by atoms with Crippen molar-refractivity contribution in [2.24, 2.45) is 5.73 Å². The lowest BCUT2D eigenvalue weighted by Gasteiger charge is -2.22. The van der Waals surface area contributed by atoms with Crippen molar-refractivity contribution in [3.8, 4) is 0 Å². The summed E-state index contributed by atoms with van der Waals surface area (Å²) < 4.78 is 9.07. The van der Waals surface area contributed by atoms with Crippen molar-refractivity contribution >= 4 is 11.9 Å². The molecule has 6 nitrogen and oxygen atoms in total. The van der Waals surface area contributed by atoms with Gasteiger partial charge in [-0.25, -0.2) is 0 Å². The Kier molecular flexibility index (Phi) is 13.6. The van der Waals surface area contributed by atoms with Crippen LogP contribution in [0.25, 0.3) is 0 Å². The molecule has 0 saturated carbocycles. The van der Waals surface area contributed by atoms with E-state index in [1.165, 1.54) is 25.3 Å². The SMILES string of the molecule is COC(=O)CCCN.COC(=O)CCCN(Cc1ccccc1)Cc1ccccc1. The standard InChI is InChI=1S/C19H23NO2.C5H11NO2/c1-22-19(21)13-8-14-20(15-17-9-4-2-5-10-17)16-18-11-6-3-7-12-18;1-8-5(7)3-2-4-6/h2-7,9-12H,8,13-16H2,1H3;2-4,6H2,1H3. The van der Waals surface area contributed by atoms with E-state index in [1.807, 2.05) is 12.1 Å². The van der Waals surface area contributed by atoms with E-state index < -0.39 is 0 Å². The summed E-state index contributed by atoms with van der Waals surface area (Å²) >= 11 is 0. The molecule has 0 atom stereocenters. The van der Waals surface area contributed by atoms with Crippen molar-refractivity contribution in [2.45, 2.75) is 38.8 Å². The number of carbonyl (C=O) groups excluding carboxylic acids is 2. The number of nitrogens with two attached hydrogens (primary N) is 1. The first kappa shape index (κ1) is 25.3. The number of methoxy groups -OCH3 is 2. The Morgan fingerprint density at radius 2 is 1.20 bits per heavy atom. The van der Waals surface area contributed by atoms with E-state index in [0.717, 1.165) is 26.1 Å². The van der Waals surface area contributed by atoms with Gasteiger partial charge in [-0.3, -0.25) is 14.5 Å². The third kappa shape index (κ3) is 12.0. The summed E-state index contributed by atoms with van der Waals surface area (Å²) in [6, 6.07) is 20.8. The molecule has 0 fully saturated rings. The van der Waals surface area contributed by atoms with Gasteiger partial charge in [-0.1, -0.05) is 60.7 Å². The summed E-state index contributed by atoms with van der Waals surface area (Å²) in [5, 5.41) is 0. The minimum absolute atomic E-state index is 0.139. The summed E-state index contributed by atoms with van der Waals surface area (Å²) in [7, 11) is 2.81. The number of rotatable bonds is 11. The molecule has 2 rings (SSSR count). The average Bonchev–Trinajstić information content (AvgIpc) is 2.79. The quantitative estimate of drug-likeness (QED) is 0.567. The number of benzene rings is 2. The van der Waals surface area contributed by atoms with E-state index >= 15 is 0 Å². The molecular weight excluding hydrogens is 380 g/mol. The van der Waals surface area contributed by atoms with E-state index in [-0.39, 0.29) is 11.9 Å². The van der Waals surface area contributed by atoms with Gasteiger partial charge in [0.2, 0.25) is 0 Å². The maximum atomic E-state index is 11.3. The first-order chi connectivity index (χ1) is 14.6. The number of ether oxygens (including phenoxy) is 2. The van der Waals surface area contributed by atoms with Gasteiger partial charge in [0, 0.05) is 25.9 Å². The molecule has 6 heteroatoms. The van der Waals surface area contributed by atoms with Gasteiger partial charge in [-0.15, -0.1) is 0 Å². The fourth-order valence-electron chi connectivity index (χ4n) is 2.79. The summed E-state index contributed by atoms with van der Waals surface area (Å²) in [6.07, 6.45) is 2.43. The second-order valence-corrected chi connectivity index (χ2v) is 6.83. The highest BCUT2D eigenvalue weighted by Gasteiger charge is 2.09. The normalized spacial score (nSPS) is 10.1. The Morgan fingerprint density at radius 1 is 0.767 bits per heavy atom. The molecule has 0 aliphatic heterocycles. The van der Waals surface area contributed by atoms with E-state index in [1.54, 1.807) is 0 Å². The van der Waals surface area contributed by atoms with Crippen molar-refractivity contribution in [3.05, 3.63) is 71.8 Å². The number of carbonyl (C=O) groups is 2. The predicted octanol–water partition coefficient (Wildman–Crippen LogP) is 3.54. The predicted molar refractivity (Wildman–Crippen MR) is 119 cm³/mol. The molecule has 2 N–H and O–H groups in total. The fourth-order valence-corrected chi connectivity index (χ4v) is 2.79. The van der Waals surface area contributed by atoms with Crippen LogP contribution in [0, 0.1) is 0 Å². The van der Waals surface area contributed by atoms with Crippen molar-refractivity contribution < 1.29 is 19.1 Å². The van der Waals surface area contributed by atoms with Crippen LogP contribution in [0.2, 0.25) is 0 Å². The molecule has 0 aromatic heterocycles. The van der Waals surface area contributed by atoms with E-state index in [0.29, 0.717) is 25.8 Å². The van der Waals surface area contributed by atoms with Gasteiger partial charge in [0.15, 0.2) is 0 Å². The lowest BCUT2D eigenvalue weighted by Crippen LogP contribution is -2.24. The lowest BCUT2D eigenvalue weighted by molar-refractivity contribution is -0.141. The maximum Gasteiger partial charge on any atom is 0.305 e. The van der Waals surface area contributed by atoms with Crippen LogP contribution in [-0.2, 0) is 32.2 Å². The molecule has 0 unspecified atom stereocenters. The zero-order valence-corrected chi connectivity index (χ0v) is 18.1. The average molecular weight is 415 g/mol. The molecule has 0 bridgehead atoms. The summed E-state index contributed by atoms with van der Waals surface area (Å²) in [5.74, 6) is -0.324. The highest BCUT2D eigenvalue weighted by molar-refractivity contribution is 5.69. The van der Waals surface area contributed by atoms with Crippen molar-refractivity contribution in [3.63, 3.8) is 0 Å². The molecule has 0 heterocycles. The van der Waals surface area contributed by atoms with Gasteiger partial charge in [0.05, 0.1) is 14.2 Å². The molecule has 164 valence electrons. The molecule has 30 heavy (non-hydrogen) atoms. The lowest BCUT2D eigenvalue weighted by atomic mass is 10.1. The second kappa shape index (κ2) is 16.1. The minimum atomic E-state index is -0.185. The number of hydrogen-bond donors (Lipinski definition) is 1. The maximum absolute atomic E-state index is 11.3. The van der Waals surface area contributed by atoms with E-state index in [9.17, 15) is 9.59 Å². The van der Waals surface area contributed by atoms with Crippen LogP contribution in [0.3, 0.4) is 0 Å². The zero-order valence-electron chi connectivity index (χ0n) is 18.1. The Hall–Kier alpha value is -2.70. The Balaban J connectivity index is 0.000000479. The van der Waals surface area contributed by atoms with Crippen LogP contribution in [0.15, 0.2) is 60.7 Å². The summed E-state index contributed by atoms with van der Waals surface area (Å²) in [4.78, 5) is 23.9. The highest BCUT2D eigenvalue weighted by atomic mass is 16.5. The second-order valence-electron chi connectivity index (χ2n) is 6.83. The first-order valence-electron chi connectivity index (χ1n) is 10.2. The number of nitrogens with zero attached hydrogens (tertiary/aromatic N) is 1. The minimum Gasteiger partial charge on any atom is -0.469 e. The van der Waals surface area contributed by atoms with Gasteiger partial charge < -0.3 is 15.2 Å². The zero-order chi connectivity index (χ0) is 22.0. The molecule has 0 aliphatic carbocycles. The Morgan fingerprint density at radius 3 is 1.60 bits per heavy atom. The molecule has 0 radical (unpaired) electrons. The van der Waals surface area contributed by atoms with Crippen LogP contribution >= 0.6 is 0 Å². The summed E-state index contributed by atoms with van der Waals surface area (Å²) in [5.41, 5.74) is 7.70. The third-order valence-electron chi connectivity index (χ3n) is 4.39. The molecular formula is C24H34N2O4. The first-order valence-corrected chi connectivity index (χ1v) is 10.2. The van der Waals surface area contributed by atoms with Gasteiger partial charge in [0.25, 0.3) is 0 Å². The molecule has 2 aromatic rings. The largest absolute Gasteiger partial charge is 0.469 e. The van der Waals surface area contributed by atoms with Crippen LogP contribution in [0.1, 0.15) is 36.8 Å². The van der Waals surface area contributed by atoms with Gasteiger partial charge in [0.1, 0.15) is 0 Å². The number of esters is 2. The topological polar surface area (TPSA) is 81.9 Å². The van der Waals surface area contributed by atoms with Crippen molar-refractivity contribution in [2.75, 3.05) is 27.3 Å². The van der Waals surface area contributed by atoms with E-state index in [2.05, 4.69) is 58.2 Å². The highest BCUT2D eigenvalue weighted by Crippen LogP contribution is 2.11. The van der Waals surface area contributed by atoms with Gasteiger partial charge in [-0.05, 0) is 37.1 Å². The van der Waals surface area contributed by atoms with Crippen LogP contribution in [-0.4, -0.2) is 44.1 Å². The monoisotopic (exact) mass is 414 g/mol. The van der Waals surface area contributed by atoms with Gasteiger partial charge >= 0.3 is 11.9 Å². The van der Waals surface area contributed by atoms with Crippen LogP contribution < -0.4 is 5.73 Å². The van der Waals surface area contributed by atoms with Crippen LogP contribution in [0.4, 0.5) is 0 Å².